The summed E-state index contributed by atoms with van der Waals surface area (Å²) in [4.78, 5) is 83.8. The molecule has 27 heteroatoms. The summed E-state index contributed by atoms with van der Waals surface area (Å²) in [6, 6.07) is 29.5. The summed E-state index contributed by atoms with van der Waals surface area (Å²) in [6.07, 6.45) is 0. The maximum Gasteiger partial charge on any atom is 0.335 e. The predicted octanol–water partition coefficient (Wildman–Crippen LogP) is 0.465. The van der Waals surface area contributed by atoms with E-state index in [-0.39, 0.29) is 80.2 Å². The van der Waals surface area contributed by atoms with E-state index in [2.05, 4.69) is 61.2 Å². The molecule has 0 unspecified atom stereocenters. The molecule has 2 N–H and O–H groups in total. The van der Waals surface area contributed by atoms with E-state index in [0.29, 0.717) is 33.4 Å². The molecule has 0 saturated carbocycles. The first-order chi connectivity index (χ1) is 37.5. The van der Waals surface area contributed by atoms with Crippen LogP contribution in [-0.4, -0.2) is 122 Å². The van der Waals surface area contributed by atoms with Gasteiger partial charge >= 0.3 is 11.9 Å². The maximum absolute atomic E-state index is 11.6. The van der Waals surface area contributed by atoms with Gasteiger partial charge in [-0.25, -0.2) is 24.5 Å². The Morgan fingerprint density at radius 2 is 0.410 bits per heavy atom. The molecule has 4 aromatic heterocycles. The van der Waals surface area contributed by atoms with Crippen molar-refractivity contribution >= 4 is 35.8 Å². The topological polar surface area (TPSA) is 428 Å². The lowest BCUT2D eigenvalue weighted by Crippen LogP contribution is -2.25. The van der Waals surface area contributed by atoms with E-state index < -0.39 is 58.1 Å². The molecule has 0 aliphatic heterocycles. The number of carbonyl (C=O) groups excluding carboxylic acids is 4. The number of carboxylic acid groups (broad SMARTS) is 6. The van der Waals surface area contributed by atoms with Crippen molar-refractivity contribution in [1.29, 1.82) is 0 Å². The minimum absolute atomic E-state index is 0.00402. The van der Waals surface area contributed by atoms with E-state index in [1.165, 1.54) is 12.1 Å². The van der Waals surface area contributed by atoms with Crippen molar-refractivity contribution in [3.8, 4) is 102 Å². The van der Waals surface area contributed by atoms with Crippen LogP contribution in [0.25, 0.3) is 102 Å². The smallest absolute Gasteiger partial charge is 0.335 e. The van der Waals surface area contributed by atoms with Gasteiger partial charge in [-0.15, -0.1) is 61.2 Å². The third kappa shape index (κ3) is 10.4. The lowest BCUT2D eigenvalue weighted by atomic mass is 10.1. The van der Waals surface area contributed by atoms with Crippen molar-refractivity contribution in [3.63, 3.8) is 0 Å². The zero-order valence-corrected chi connectivity index (χ0v) is 38.8. The van der Waals surface area contributed by atoms with Gasteiger partial charge in [0.15, 0.2) is 17.5 Å². The Labute approximate surface area is 433 Å². The molecule has 10 rings (SSSR count). The van der Waals surface area contributed by atoms with Gasteiger partial charge in [0.05, 0.1) is 35.0 Å². The van der Waals surface area contributed by atoms with Crippen LogP contribution in [0, 0.1) is 0 Å². The second-order valence-electron chi connectivity index (χ2n) is 16.3. The van der Waals surface area contributed by atoms with Gasteiger partial charge in [0, 0.05) is 50.1 Å². The molecule has 6 aromatic carbocycles. The van der Waals surface area contributed by atoms with Gasteiger partial charge in [0.2, 0.25) is 34.9 Å². The Balaban J connectivity index is 0.957. The fourth-order valence-electron chi connectivity index (χ4n) is 7.44. The summed E-state index contributed by atoms with van der Waals surface area (Å²) in [5, 5.41) is 114. The third-order valence-corrected chi connectivity index (χ3v) is 11.3. The van der Waals surface area contributed by atoms with Gasteiger partial charge in [-0.05, 0) is 76.9 Å². The van der Waals surface area contributed by atoms with Crippen LogP contribution in [0.5, 0.6) is 0 Å². The summed E-state index contributed by atoms with van der Waals surface area (Å²) >= 11 is 0. The van der Waals surface area contributed by atoms with Crippen LogP contribution in [0.4, 0.5) is 0 Å². The minimum atomic E-state index is -1.63. The van der Waals surface area contributed by atoms with Crippen molar-refractivity contribution < 1.29 is 59.4 Å². The molecule has 0 radical (unpaired) electrons. The van der Waals surface area contributed by atoms with Crippen molar-refractivity contribution in [2.75, 3.05) is 0 Å². The van der Waals surface area contributed by atoms with Gasteiger partial charge in [0.1, 0.15) is 0 Å². The van der Waals surface area contributed by atoms with E-state index in [0.717, 1.165) is 42.5 Å². The van der Waals surface area contributed by atoms with E-state index in [1.807, 2.05) is 0 Å². The lowest BCUT2D eigenvalue weighted by Gasteiger charge is -2.10. The Bertz CT molecular complexity index is 3550. The summed E-state index contributed by atoms with van der Waals surface area (Å²) in [5.41, 5.74) is 0.539. The molecule has 0 bridgehead atoms. The van der Waals surface area contributed by atoms with Crippen molar-refractivity contribution in [2.24, 2.45) is 0 Å². The molecule has 4 heterocycles. The van der Waals surface area contributed by atoms with Gasteiger partial charge in [-0.2, -0.15) is 0 Å². The number of nitrogens with zero attached hydrogens (tertiary/aromatic N) is 15. The molecular formula is C51H23N15O12-4. The second kappa shape index (κ2) is 20.5. The summed E-state index contributed by atoms with van der Waals surface area (Å²) in [6.45, 7) is 0. The molecule has 0 atom stereocenters. The molecule has 0 aliphatic carbocycles. The van der Waals surface area contributed by atoms with Gasteiger partial charge < -0.3 is 49.8 Å². The monoisotopic (exact) mass is 1040 g/mol. The molecule has 378 valence electrons. The van der Waals surface area contributed by atoms with Crippen LogP contribution in [-0.2, 0) is 0 Å². The fraction of sp³-hybridized carbons (Fsp3) is 0. The molecule has 0 fully saturated rings. The average Bonchev–Trinajstić information content (AvgIpc) is 3.47. The van der Waals surface area contributed by atoms with Crippen molar-refractivity contribution in [3.05, 3.63) is 161 Å². The normalized spacial score (nSPS) is 10.9. The van der Waals surface area contributed by atoms with E-state index >= 15 is 0 Å². The van der Waals surface area contributed by atoms with Crippen LogP contribution in [0.3, 0.4) is 0 Å². The van der Waals surface area contributed by atoms with E-state index in [1.54, 1.807) is 72.8 Å². The molecule has 0 amide bonds. The van der Waals surface area contributed by atoms with Gasteiger partial charge in [0.25, 0.3) is 0 Å². The molecule has 27 nitrogen and oxygen atoms in total. The van der Waals surface area contributed by atoms with Crippen LogP contribution in [0.2, 0.25) is 0 Å². The third-order valence-electron chi connectivity index (χ3n) is 11.3. The Hall–Kier alpha value is -12.0. The molecule has 0 aliphatic rings. The zero-order valence-electron chi connectivity index (χ0n) is 38.8. The highest BCUT2D eigenvalue weighted by atomic mass is 16.4. The van der Waals surface area contributed by atoms with Crippen molar-refractivity contribution in [2.45, 2.75) is 0 Å². The van der Waals surface area contributed by atoms with Crippen LogP contribution < -0.4 is 20.4 Å². The number of carboxylic acids is 6. The molecular weight excluding hydrogens is 1010 g/mol. The zero-order chi connectivity index (χ0) is 54.8. The second-order valence-corrected chi connectivity index (χ2v) is 16.3. The minimum Gasteiger partial charge on any atom is -0.545 e. The molecule has 0 saturated heterocycles. The Morgan fingerprint density at radius 1 is 0.244 bits per heavy atom. The Morgan fingerprint density at radius 3 is 0.603 bits per heavy atom. The molecule has 0 spiro atoms. The van der Waals surface area contributed by atoms with Gasteiger partial charge in [-0.3, -0.25) is 0 Å². The summed E-state index contributed by atoms with van der Waals surface area (Å²) < 4.78 is 0. The summed E-state index contributed by atoms with van der Waals surface area (Å²) in [5.74, 6) is -8.86. The highest BCUT2D eigenvalue weighted by Gasteiger charge is 2.19. The highest BCUT2D eigenvalue weighted by Crippen LogP contribution is 2.30. The fourth-order valence-corrected chi connectivity index (χ4v) is 7.44. The van der Waals surface area contributed by atoms with Gasteiger partial charge in [-0.1, -0.05) is 72.8 Å². The highest BCUT2D eigenvalue weighted by molar-refractivity contribution is 5.97. The first-order valence-electron chi connectivity index (χ1n) is 22.1. The number of carbonyl (C=O) groups is 6. The maximum atomic E-state index is 11.6. The summed E-state index contributed by atoms with van der Waals surface area (Å²) in [7, 11) is 0. The number of aromatic carboxylic acids is 6. The lowest BCUT2D eigenvalue weighted by molar-refractivity contribution is -0.256. The van der Waals surface area contributed by atoms with E-state index in [4.69, 9.17) is 15.0 Å². The number of benzene rings is 6. The largest absolute Gasteiger partial charge is 0.545 e. The quantitative estimate of drug-likeness (QED) is 0.141. The SMILES string of the molecule is O=C([O-])c1cc(C(=O)[O-])cc(-c2nnc(-c3ccc(-c4nc(-c5ccc(-c6nnc(-c7cc(C(=O)[O-])cc(C(=O)O)c7)nn6)cc5)nc(-c5ccc(-c6nnc(-c7cc(C(=O)[O-])cc(C(=O)O)c7)nn6)cc5)n4)cc3)nn2)c1. The van der Waals surface area contributed by atoms with Crippen LogP contribution >= 0.6 is 0 Å². The number of hydrogen-bond donors (Lipinski definition) is 2. The standard InChI is InChI=1S/C51H27N15O12/c67-46(68)31-13-28(14-32(19-31)47(69)70)43-61-55-40(56-62-43)25-7-1-22(2-8-25)37-52-38(23-3-9-26(10-4-23)41-57-63-44(64-58-41)29-15-33(48(71)72)20-34(16-29)49(73)74)54-39(53-37)24-5-11-27(12-6-24)42-59-65-45(66-60-42)30-17-35(50(75)76)21-36(18-30)51(77)78/h1-21H,(H,67,68)(H,69,70)(H,71,72)(H,73,74)(H,75,76)(H,77,78)/p-4. The number of rotatable bonds is 15. The number of hydrogen-bond acceptors (Lipinski definition) is 25. The first-order valence-corrected chi connectivity index (χ1v) is 22.1. The average molecular weight is 1040 g/mol. The van der Waals surface area contributed by atoms with E-state index in [9.17, 15) is 59.4 Å². The number of aromatic nitrogens is 15. The molecule has 78 heavy (non-hydrogen) atoms. The van der Waals surface area contributed by atoms with Crippen LogP contribution in [0.15, 0.2) is 127 Å². The van der Waals surface area contributed by atoms with Crippen LogP contribution in [0.1, 0.15) is 62.1 Å². The predicted molar refractivity (Wildman–Crippen MR) is 254 cm³/mol. The first kappa shape index (κ1) is 49.5. The molecule has 10 aromatic rings. The Kier molecular flexibility index (Phi) is 13.0. The van der Waals surface area contributed by atoms with Crippen molar-refractivity contribution in [1.82, 2.24) is 76.1 Å².